The number of furan rings is 1. The summed E-state index contributed by atoms with van der Waals surface area (Å²) < 4.78 is 10.8. The predicted octanol–water partition coefficient (Wildman–Crippen LogP) is 2.54. The van der Waals surface area contributed by atoms with Crippen LogP contribution in [-0.2, 0) is 11.3 Å². The average molecular weight is 292 g/mol. The van der Waals surface area contributed by atoms with Crippen LogP contribution in [0, 0.1) is 18.8 Å². The maximum absolute atomic E-state index is 12.0. The molecular weight excluding hydrogens is 268 g/mol. The molecule has 5 nitrogen and oxygen atoms in total. The van der Waals surface area contributed by atoms with Gasteiger partial charge in [0.2, 0.25) is 0 Å². The number of fused-ring (bicyclic) bond motifs is 1. The first-order chi connectivity index (χ1) is 9.85. The van der Waals surface area contributed by atoms with E-state index in [2.05, 4.69) is 12.2 Å². The first-order valence-corrected chi connectivity index (χ1v) is 7.59. The SMILES string of the molecule is Cc1ccoc1CNC1C2CN(C(=O)OC(C)(C)C)CC21. The number of ether oxygens (including phenoxy) is 1. The zero-order valence-electron chi connectivity index (χ0n) is 13.2. The Hall–Kier alpha value is -1.49. The molecule has 5 heteroatoms. The molecule has 0 aromatic carbocycles. The van der Waals surface area contributed by atoms with E-state index in [9.17, 15) is 4.79 Å². The number of hydrogen-bond acceptors (Lipinski definition) is 4. The minimum absolute atomic E-state index is 0.185. The van der Waals surface area contributed by atoms with E-state index in [0.29, 0.717) is 17.9 Å². The summed E-state index contributed by atoms with van der Waals surface area (Å²) in [6.45, 7) is 10.1. The number of amides is 1. The summed E-state index contributed by atoms with van der Waals surface area (Å²) >= 11 is 0. The standard InChI is InChI=1S/C16H24N2O3/c1-10-5-6-20-13(10)7-17-14-11-8-18(9-12(11)14)15(19)21-16(2,3)4/h5-6,11-12,14,17H,7-9H2,1-4H3. The van der Waals surface area contributed by atoms with Gasteiger partial charge in [0.05, 0.1) is 12.8 Å². The molecule has 2 unspecified atom stereocenters. The highest BCUT2D eigenvalue weighted by molar-refractivity contribution is 5.69. The minimum atomic E-state index is -0.418. The summed E-state index contributed by atoms with van der Waals surface area (Å²) in [4.78, 5) is 13.8. The lowest BCUT2D eigenvalue weighted by molar-refractivity contribution is 0.0269. The van der Waals surface area contributed by atoms with Gasteiger partial charge in [-0.25, -0.2) is 4.79 Å². The van der Waals surface area contributed by atoms with E-state index < -0.39 is 5.60 Å². The Bertz CT molecular complexity index is 520. The molecule has 2 fully saturated rings. The van der Waals surface area contributed by atoms with E-state index in [1.807, 2.05) is 31.7 Å². The van der Waals surface area contributed by atoms with Gasteiger partial charge in [-0.2, -0.15) is 0 Å². The maximum atomic E-state index is 12.0. The van der Waals surface area contributed by atoms with Gasteiger partial charge in [0.25, 0.3) is 0 Å². The second-order valence-corrected chi connectivity index (χ2v) is 7.15. The van der Waals surface area contributed by atoms with Crippen molar-refractivity contribution in [3.8, 4) is 0 Å². The number of likely N-dealkylation sites (tertiary alicyclic amines) is 1. The van der Waals surface area contributed by atoms with Gasteiger partial charge in [-0.3, -0.25) is 0 Å². The highest BCUT2D eigenvalue weighted by Gasteiger charge is 2.56. The van der Waals surface area contributed by atoms with Gasteiger partial charge in [0.1, 0.15) is 11.4 Å². The highest BCUT2D eigenvalue weighted by atomic mass is 16.6. The number of nitrogens with zero attached hydrogens (tertiary/aromatic N) is 1. The fourth-order valence-electron chi connectivity index (χ4n) is 3.10. The molecule has 116 valence electrons. The molecule has 3 rings (SSSR count). The molecule has 1 saturated heterocycles. The summed E-state index contributed by atoms with van der Waals surface area (Å²) in [6, 6.07) is 2.49. The normalized spacial score (nSPS) is 27.6. The summed E-state index contributed by atoms with van der Waals surface area (Å²) in [7, 11) is 0. The number of nitrogens with one attached hydrogen (secondary N) is 1. The van der Waals surface area contributed by atoms with Crippen LogP contribution in [-0.4, -0.2) is 35.7 Å². The molecule has 2 aliphatic rings. The molecule has 1 aliphatic heterocycles. The molecule has 1 N–H and O–H groups in total. The first kappa shape index (κ1) is 14.4. The maximum Gasteiger partial charge on any atom is 0.410 e. The molecule has 1 aliphatic carbocycles. The topological polar surface area (TPSA) is 54.7 Å². The summed E-state index contributed by atoms with van der Waals surface area (Å²) in [5.41, 5.74) is 0.766. The molecule has 1 aromatic heterocycles. The monoisotopic (exact) mass is 292 g/mol. The van der Waals surface area contributed by atoms with Crippen molar-refractivity contribution in [2.24, 2.45) is 11.8 Å². The Labute approximate surface area is 125 Å². The fraction of sp³-hybridized carbons (Fsp3) is 0.688. The van der Waals surface area contributed by atoms with E-state index >= 15 is 0 Å². The lowest BCUT2D eigenvalue weighted by Gasteiger charge is -2.26. The number of aryl methyl sites for hydroxylation is 1. The summed E-state index contributed by atoms with van der Waals surface area (Å²) in [5.74, 6) is 2.13. The van der Waals surface area contributed by atoms with Crippen molar-refractivity contribution < 1.29 is 13.9 Å². The first-order valence-electron chi connectivity index (χ1n) is 7.59. The van der Waals surface area contributed by atoms with Crippen LogP contribution in [0.5, 0.6) is 0 Å². The van der Waals surface area contributed by atoms with Gasteiger partial charge in [-0.15, -0.1) is 0 Å². The minimum Gasteiger partial charge on any atom is -0.468 e. The largest absolute Gasteiger partial charge is 0.468 e. The van der Waals surface area contributed by atoms with E-state index in [4.69, 9.17) is 9.15 Å². The Morgan fingerprint density at radius 3 is 2.62 bits per heavy atom. The van der Waals surface area contributed by atoms with Crippen LogP contribution >= 0.6 is 0 Å². The number of carbonyl (C=O) groups is 1. The molecule has 2 heterocycles. The van der Waals surface area contributed by atoms with Crippen LogP contribution in [0.25, 0.3) is 0 Å². The van der Waals surface area contributed by atoms with Crippen molar-refractivity contribution in [1.82, 2.24) is 10.2 Å². The molecule has 1 saturated carbocycles. The second-order valence-electron chi connectivity index (χ2n) is 7.15. The number of rotatable bonds is 3. The third-order valence-electron chi connectivity index (χ3n) is 4.31. The average Bonchev–Trinajstić information content (AvgIpc) is 2.77. The van der Waals surface area contributed by atoms with Crippen molar-refractivity contribution in [3.63, 3.8) is 0 Å². The third-order valence-corrected chi connectivity index (χ3v) is 4.31. The molecule has 2 atom stereocenters. The smallest absolute Gasteiger partial charge is 0.410 e. The quantitative estimate of drug-likeness (QED) is 0.930. The van der Waals surface area contributed by atoms with E-state index in [1.54, 1.807) is 6.26 Å². The fourth-order valence-corrected chi connectivity index (χ4v) is 3.10. The van der Waals surface area contributed by atoms with E-state index in [1.165, 1.54) is 5.56 Å². The number of hydrogen-bond donors (Lipinski definition) is 1. The third kappa shape index (κ3) is 3.07. The molecule has 1 amide bonds. The molecular formula is C16H24N2O3. The second kappa shape index (κ2) is 5.05. The Kier molecular flexibility index (Phi) is 3.48. The zero-order valence-corrected chi connectivity index (χ0v) is 13.2. The van der Waals surface area contributed by atoms with Crippen molar-refractivity contribution in [2.45, 2.75) is 45.9 Å². The number of piperidine rings is 1. The van der Waals surface area contributed by atoms with Crippen molar-refractivity contribution in [3.05, 3.63) is 23.7 Å². The van der Waals surface area contributed by atoms with Crippen LogP contribution < -0.4 is 5.32 Å². The predicted molar refractivity (Wildman–Crippen MR) is 78.9 cm³/mol. The van der Waals surface area contributed by atoms with Crippen molar-refractivity contribution in [2.75, 3.05) is 13.1 Å². The molecule has 0 spiro atoms. The lowest BCUT2D eigenvalue weighted by atomic mass is 10.2. The molecule has 21 heavy (non-hydrogen) atoms. The van der Waals surface area contributed by atoms with E-state index in [-0.39, 0.29) is 6.09 Å². The molecule has 1 aromatic rings. The summed E-state index contributed by atoms with van der Waals surface area (Å²) in [5, 5.41) is 3.54. The van der Waals surface area contributed by atoms with Crippen molar-refractivity contribution >= 4 is 6.09 Å². The Morgan fingerprint density at radius 1 is 1.43 bits per heavy atom. The van der Waals surface area contributed by atoms with Gasteiger partial charge >= 0.3 is 6.09 Å². The molecule has 0 radical (unpaired) electrons. The summed E-state index contributed by atoms with van der Waals surface area (Å²) in [6.07, 6.45) is 1.54. The van der Waals surface area contributed by atoms with Gasteiger partial charge < -0.3 is 19.4 Å². The van der Waals surface area contributed by atoms with Gasteiger partial charge in [0, 0.05) is 19.1 Å². The van der Waals surface area contributed by atoms with Gasteiger partial charge in [-0.05, 0) is 51.2 Å². The lowest BCUT2D eigenvalue weighted by Crippen LogP contribution is -2.39. The van der Waals surface area contributed by atoms with Crippen molar-refractivity contribution in [1.29, 1.82) is 0 Å². The van der Waals surface area contributed by atoms with Crippen LogP contribution in [0.3, 0.4) is 0 Å². The Morgan fingerprint density at radius 2 is 2.10 bits per heavy atom. The van der Waals surface area contributed by atoms with E-state index in [0.717, 1.165) is 25.4 Å². The van der Waals surface area contributed by atoms with Gasteiger partial charge in [0.15, 0.2) is 0 Å². The number of carbonyl (C=O) groups excluding carboxylic acids is 1. The van der Waals surface area contributed by atoms with Crippen LogP contribution in [0.4, 0.5) is 4.79 Å². The van der Waals surface area contributed by atoms with Crippen LogP contribution in [0.2, 0.25) is 0 Å². The van der Waals surface area contributed by atoms with Gasteiger partial charge in [-0.1, -0.05) is 0 Å². The Balaban J connectivity index is 1.44. The van der Waals surface area contributed by atoms with Crippen LogP contribution in [0.1, 0.15) is 32.1 Å². The van der Waals surface area contributed by atoms with Crippen LogP contribution in [0.15, 0.2) is 16.7 Å². The molecule has 0 bridgehead atoms. The zero-order chi connectivity index (χ0) is 15.2. The highest BCUT2D eigenvalue weighted by Crippen LogP contribution is 2.45.